The number of aliphatic hydroxyl groups is 1. The molecule has 1 aromatic heterocycles. The summed E-state index contributed by atoms with van der Waals surface area (Å²) in [5.41, 5.74) is 1.51. The number of carbonyl (C=O) groups excluding carboxylic acids is 1. The SMILES string of the molecule is COC(=O)c1cccc(CN2CCC3(CC2)CC(O)CN(C)C3)n1.O=CO.O=CO. The fourth-order valence-corrected chi connectivity index (χ4v) is 4.19. The molecule has 0 bridgehead atoms. The molecular formula is C20H31N3O7. The molecule has 2 aliphatic rings. The number of rotatable bonds is 3. The maximum atomic E-state index is 11.6. The Morgan fingerprint density at radius 2 is 1.87 bits per heavy atom. The van der Waals surface area contributed by atoms with E-state index >= 15 is 0 Å². The molecule has 0 amide bonds. The molecular weight excluding hydrogens is 394 g/mol. The Hall–Kier alpha value is -2.56. The second-order valence-corrected chi connectivity index (χ2v) is 7.55. The van der Waals surface area contributed by atoms with E-state index in [9.17, 15) is 9.90 Å². The highest BCUT2D eigenvalue weighted by Gasteiger charge is 2.40. The Balaban J connectivity index is 0.000000672. The van der Waals surface area contributed by atoms with E-state index in [1.807, 2.05) is 12.1 Å². The first-order valence-corrected chi connectivity index (χ1v) is 9.62. The zero-order valence-electron chi connectivity index (χ0n) is 17.4. The molecule has 10 nitrogen and oxygen atoms in total. The largest absolute Gasteiger partial charge is 0.483 e. The van der Waals surface area contributed by atoms with E-state index in [0.717, 1.165) is 57.7 Å². The quantitative estimate of drug-likeness (QED) is 0.464. The average molecular weight is 425 g/mol. The predicted octanol–water partition coefficient (Wildman–Crippen LogP) is 0.548. The number of esters is 1. The van der Waals surface area contributed by atoms with Gasteiger partial charge < -0.3 is 25.0 Å². The Morgan fingerprint density at radius 3 is 2.40 bits per heavy atom. The molecule has 1 unspecified atom stereocenters. The van der Waals surface area contributed by atoms with E-state index in [2.05, 4.69) is 21.8 Å². The van der Waals surface area contributed by atoms with Gasteiger partial charge in [-0.15, -0.1) is 0 Å². The number of nitrogens with zero attached hydrogens (tertiary/aromatic N) is 3. The minimum atomic E-state index is -0.395. The highest BCUT2D eigenvalue weighted by molar-refractivity contribution is 5.87. The number of ether oxygens (including phenoxy) is 1. The molecule has 10 heteroatoms. The number of carbonyl (C=O) groups is 3. The van der Waals surface area contributed by atoms with Gasteiger partial charge in [0, 0.05) is 19.6 Å². The molecule has 30 heavy (non-hydrogen) atoms. The van der Waals surface area contributed by atoms with E-state index in [1.165, 1.54) is 7.11 Å². The lowest BCUT2D eigenvalue weighted by atomic mass is 9.72. The first-order valence-electron chi connectivity index (χ1n) is 9.62. The fraction of sp³-hybridized carbons (Fsp3) is 0.600. The van der Waals surface area contributed by atoms with Crippen LogP contribution in [0.5, 0.6) is 0 Å². The van der Waals surface area contributed by atoms with Crippen LogP contribution in [0.15, 0.2) is 18.2 Å². The zero-order valence-corrected chi connectivity index (χ0v) is 17.4. The highest BCUT2D eigenvalue weighted by Crippen LogP contribution is 2.39. The number of aromatic nitrogens is 1. The second kappa shape index (κ2) is 12.9. The standard InChI is InChI=1S/C18H27N3O3.2CH2O2/c1-20-12-15(22)10-18(13-20)6-8-21(9-7-18)11-14-4-3-5-16(19-14)17(23)24-2;2*2-1-3/h3-5,15,22H,6-13H2,1-2H3;2*1H,(H,2,3). The summed E-state index contributed by atoms with van der Waals surface area (Å²) < 4.78 is 4.73. The minimum absolute atomic E-state index is 0.200. The van der Waals surface area contributed by atoms with Crippen LogP contribution in [0.3, 0.4) is 0 Å². The van der Waals surface area contributed by atoms with Gasteiger partial charge in [0.25, 0.3) is 12.9 Å². The minimum Gasteiger partial charge on any atom is -0.483 e. The monoisotopic (exact) mass is 425 g/mol. The van der Waals surface area contributed by atoms with Crippen molar-refractivity contribution in [2.75, 3.05) is 40.3 Å². The van der Waals surface area contributed by atoms with Gasteiger partial charge >= 0.3 is 5.97 Å². The number of likely N-dealkylation sites (N-methyl/N-ethyl adjacent to an activating group) is 1. The summed E-state index contributed by atoms with van der Waals surface area (Å²) in [5, 5.41) is 23.9. The summed E-state index contributed by atoms with van der Waals surface area (Å²) in [6.07, 6.45) is 2.92. The number of aliphatic hydroxyl groups excluding tert-OH is 1. The van der Waals surface area contributed by atoms with Crippen LogP contribution in [-0.2, 0) is 20.9 Å². The van der Waals surface area contributed by atoms with Gasteiger partial charge in [0.1, 0.15) is 5.69 Å². The summed E-state index contributed by atoms with van der Waals surface area (Å²) in [7, 11) is 3.47. The van der Waals surface area contributed by atoms with Crippen LogP contribution >= 0.6 is 0 Å². The van der Waals surface area contributed by atoms with Crippen molar-refractivity contribution in [3.63, 3.8) is 0 Å². The van der Waals surface area contributed by atoms with E-state index in [0.29, 0.717) is 5.69 Å². The summed E-state index contributed by atoms with van der Waals surface area (Å²) >= 11 is 0. The number of likely N-dealkylation sites (tertiary alicyclic amines) is 2. The average Bonchev–Trinajstić information content (AvgIpc) is 2.70. The van der Waals surface area contributed by atoms with Gasteiger partial charge in [0.15, 0.2) is 0 Å². The number of β-amino-alcohol motifs (C(OH)–C–C–N with tert-alkyl or cyclic N) is 1. The molecule has 168 valence electrons. The molecule has 1 atom stereocenters. The maximum Gasteiger partial charge on any atom is 0.356 e. The third-order valence-electron chi connectivity index (χ3n) is 5.30. The number of piperidine rings is 2. The molecule has 1 spiro atoms. The number of methoxy groups -OCH3 is 1. The van der Waals surface area contributed by atoms with Gasteiger partial charge in [-0.3, -0.25) is 14.5 Å². The van der Waals surface area contributed by atoms with Crippen LogP contribution in [0.4, 0.5) is 0 Å². The first kappa shape index (κ1) is 25.5. The lowest BCUT2D eigenvalue weighted by Gasteiger charge is -2.48. The Kier molecular flexibility index (Phi) is 10.9. The van der Waals surface area contributed by atoms with E-state index in [-0.39, 0.29) is 24.5 Å². The van der Waals surface area contributed by atoms with Gasteiger partial charge in [0.2, 0.25) is 0 Å². The molecule has 0 saturated carbocycles. The van der Waals surface area contributed by atoms with Crippen LogP contribution in [-0.4, -0.2) is 95.5 Å². The molecule has 3 rings (SSSR count). The molecule has 3 N–H and O–H groups in total. The molecule has 2 saturated heterocycles. The van der Waals surface area contributed by atoms with Crippen LogP contribution in [0.2, 0.25) is 0 Å². The summed E-state index contributed by atoms with van der Waals surface area (Å²) in [4.78, 5) is 37.4. The van der Waals surface area contributed by atoms with Gasteiger partial charge in [-0.25, -0.2) is 9.78 Å². The highest BCUT2D eigenvalue weighted by atomic mass is 16.5. The zero-order chi connectivity index (χ0) is 22.6. The van der Waals surface area contributed by atoms with Crippen molar-refractivity contribution in [3.8, 4) is 0 Å². The van der Waals surface area contributed by atoms with Crippen molar-refractivity contribution in [2.45, 2.75) is 31.9 Å². The van der Waals surface area contributed by atoms with Crippen molar-refractivity contribution in [1.82, 2.24) is 14.8 Å². The summed E-state index contributed by atoms with van der Waals surface area (Å²) in [5.74, 6) is -0.395. The van der Waals surface area contributed by atoms with Crippen molar-refractivity contribution < 1.29 is 34.4 Å². The molecule has 0 radical (unpaired) electrons. The molecule has 0 aliphatic carbocycles. The van der Waals surface area contributed by atoms with Crippen LogP contribution < -0.4 is 0 Å². The van der Waals surface area contributed by atoms with E-state index in [4.69, 9.17) is 24.5 Å². The normalized spacial score (nSPS) is 20.7. The van der Waals surface area contributed by atoms with Crippen molar-refractivity contribution in [3.05, 3.63) is 29.6 Å². The van der Waals surface area contributed by atoms with Crippen molar-refractivity contribution in [2.24, 2.45) is 5.41 Å². The van der Waals surface area contributed by atoms with Crippen molar-refractivity contribution in [1.29, 1.82) is 0 Å². The third-order valence-corrected chi connectivity index (χ3v) is 5.30. The van der Waals surface area contributed by atoms with Crippen LogP contribution in [0.1, 0.15) is 35.4 Å². The number of hydrogen-bond acceptors (Lipinski definition) is 8. The van der Waals surface area contributed by atoms with E-state index < -0.39 is 5.97 Å². The lowest BCUT2D eigenvalue weighted by Crippen LogP contribution is -2.52. The fourth-order valence-electron chi connectivity index (χ4n) is 4.19. The maximum absolute atomic E-state index is 11.6. The summed E-state index contributed by atoms with van der Waals surface area (Å²) in [6.45, 7) is 4.12. The third kappa shape index (κ3) is 8.05. The van der Waals surface area contributed by atoms with Crippen molar-refractivity contribution >= 4 is 18.9 Å². The van der Waals surface area contributed by atoms with Gasteiger partial charge in [-0.05, 0) is 56.9 Å². The number of hydrogen-bond donors (Lipinski definition) is 3. The van der Waals surface area contributed by atoms with E-state index in [1.54, 1.807) is 6.07 Å². The molecule has 2 fully saturated rings. The molecule has 0 aromatic carbocycles. The number of pyridine rings is 1. The molecule has 3 heterocycles. The lowest BCUT2D eigenvalue weighted by molar-refractivity contribution is -0.123. The number of carboxylic acid groups (broad SMARTS) is 2. The van der Waals surface area contributed by atoms with Crippen LogP contribution in [0, 0.1) is 5.41 Å². The topological polar surface area (TPSA) is 140 Å². The van der Waals surface area contributed by atoms with Gasteiger partial charge in [-0.1, -0.05) is 6.07 Å². The van der Waals surface area contributed by atoms with Crippen LogP contribution in [0.25, 0.3) is 0 Å². The predicted molar refractivity (Wildman–Crippen MR) is 108 cm³/mol. The second-order valence-electron chi connectivity index (χ2n) is 7.55. The Labute approximate surface area is 176 Å². The molecule has 1 aromatic rings. The van der Waals surface area contributed by atoms with Gasteiger partial charge in [0.05, 0.1) is 18.9 Å². The summed E-state index contributed by atoms with van der Waals surface area (Å²) in [6, 6.07) is 5.49. The Morgan fingerprint density at radius 1 is 1.27 bits per heavy atom. The molecule has 2 aliphatic heterocycles. The Bertz CT molecular complexity index is 660. The smallest absolute Gasteiger partial charge is 0.356 e. The first-order chi connectivity index (χ1) is 14.3. The van der Waals surface area contributed by atoms with Gasteiger partial charge in [-0.2, -0.15) is 0 Å².